The standard InChI is InChI=1S/C16H21N3O3/c1-12-11-13-5-3-4-6-14(13)19(12)10-9-18(2)16(22)17-8-7-15(20)21/h3-6,11H,7-10H2,1-2H3,(H,17,22)(H,20,21). The fourth-order valence-electron chi connectivity index (χ4n) is 2.41. The number of carboxylic acid groups (broad SMARTS) is 1. The number of urea groups is 1. The monoisotopic (exact) mass is 303 g/mol. The van der Waals surface area contributed by atoms with Gasteiger partial charge in [-0.1, -0.05) is 18.2 Å². The third-order valence-corrected chi connectivity index (χ3v) is 3.64. The molecule has 0 aliphatic rings. The summed E-state index contributed by atoms with van der Waals surface area (Å²) in [4.78, 5) is 23.8. The number of aryl methyl sites for hydroxylation is 1. The fourth-order valence-corrected chi connectivity index (χ4v) is 2.41. The Kier molecular flexibility index (Phi) is 5.04. The van der Waals surface area contributed by atoms with Gasteiger partial charge in [-0.3, -0.25) is 4.79 Å². The lowest BCUT2D eigenvalue weighted by atomic mass is 10.2. The summed E-state index contributed by atoms with van der Waals surface area (Å²) in [5.41, 5.74) is 2.31. The summed E-state index contributed by atoms with van der Waals surface area (Å²) < 4.78 is 2.18. The van der Waals surface area contributed by atoms with Crippen molar-refractivity contribution >= 4 is 22.9 Å². The zero-order valence-corrected chi connectivity index (χ0v) is 12.9. The number of benzene rings is 1. The first kappa shape index (κ1) is 15.9. The van der Waals surface area contributed by atoms with Crippen molar-refractivity contribution in [3.63, 3.8) is 0 Å². The first-order chi connectivity index (χ1) is 10.5. The van der Waals surface area contributed by atoms with E-state index in [1.165, 1.54) is 5.39 Å². The number of nitrogens with one attached hydrogen (secondary N) is 1. The van der Waals surface area contributed by atoms with Crippen LogP contribution in [0.3, 0.4) is 0 Å². The minimum Gasteiger partial charge on any atom is -0.481 e. The number of likely N-dealkylation sites (N-methyl/N-ethyl adjacent to an activating group) is 1. The highest BCUT2D eigenvalue weighted by Gasteiger charge is 2.10. The van der Waals surface area contributed by atoms with Crippen molar-refractivity contribution in [3.8, 4) is 0 Å². The fraction of sp³-hybridized carbons (Fsp3) is 0.375. The summed E-state index contributed by atoms with van der Waals surface area (Å²) in [6, 6.07) is 10.0. The number of hydrogen-bond acceptors (Lipinski definition) is 2. The van der Waals surface area contributed by atoms with Crippen LogP contribution >= 0.6 is 0 Å². The van der Waals surface area contributed by atoms with Gasteiger partial charge in [0.15, 0.2) is 0 Å². The Morgan fingerprint density at radius 3 is 2.77 bits per heavy atom. The largest absolute Gasteiger partial charge is 0.481 e. The predicted molar refractivity (Wildman–Crippen MR) is 85.0 cm³/mol. The molecule has 0 aliphatic heterocycles. The number of carboxylic acids is 1. The molecule has 1 heterocycles. The highest BCUT2D eigenvalue weighted by atomic mass is 16.4. The first-order valence-corrected chi connectivity index (χ1v) is 7.24. The van der Waals surface area contributed by atoms with Crippen molar-refractivity contribution < 1.29 is 14.7 Å². The number of rotatable bonds is 6. The number of amides is 2. The number of carbonyl (C=O) groups is 2. The van der Waals surface area contributed by atoms with Gasteiger partial charge >= 0.3 is 12.0 Å². The summed E-state index contributed by atoms with van der Waals surface area (Å²) in [7, 11) is 1.71. The Morgan fingerprint density at radius 1 is 1.32 bits per heavy atom. The summed E-state index contributed by atoms with van der Waals surface area (Å²) in [5, 5.41) is 12.3. The number of para-hydroxylation sites is 1. The van der Waals surface area contributed by atoms with Gasteiger partial charge in [-0.2, -0.15) is 0 Å². The van der Waals surface area contributed by atoms with Gasteiger partial charge in [-0.25, -0.2) is 4.79 Å². The molecule has 0 radical (unpaired) electrons. The third kappa shape index (κ3) is 3.78. The van der Waals surface area contributed by atoms with E-state index in [4.69, 9.17) is 5.11 Å². The first-order valence-electron chi connectivity index (χ1n) is 7.24. The molecular weight excluding hydrogens is 282 g/mol. The van der Waals surface area contributed by atoms with Crippen LogP contribution in [-0.4, -0.2) is 46.7 Å². The van der Waals surface area contributed by atoms with Crippen LogP contribution in [0.2, 0.25) is 0 Å². The third-order valence-electron chi connectivity index (χ3n) is 3.64. The topological polar surface area (TPSA) is 74.6 Å². The van der Waals surface area contributed by atoms with Gasteiger partial charge in [0.05, 0.1) is 6.42 Å². The molecule has 1 aromatic carbocycles. The maximum absolute atomic E-state index is 11.8. The molecule has 0 spiro atoms. The van der Waals surface area contributed by atoms with E-state index >= 15 is 0 Å². The van der Waals surface area contributed by atoms with E-state index in [0.29, 0.717) is 13.1 Å². The minimum absolute atomic E-state index is 0.0685. The van der Waals surface area contributed by atoms with Crippen LogP contribution in [0.15, 0.2) is 30.3 Å². The van der Waals surface area contributed by atoms with Crippen LogP contribution < -0.4 is 5.32 Å². The van der Waals surface area contributed by atoms with Crippen LogP contribution in [0.1, 0.15) is 12.1 Å². The van der Waals surface area contributed by atoms with Crippen molar-refractivity contribution in [2.45, 2.75) is 19.9 Å². The number of hydrogen-bond donors (Lipinski definition) is 2. The molecule has 0 saturated heterocycles. The molecule has 6 heteroatoms. The molecule has 118 valence electrons. The number of carbonyl (C=O) groups excluding carboxylic acids is 1. The second kappa shape index (κ2) is 6.98. The number of aromatic nitrogens is 1. The second-order valence-electron chi connectivity index (χ2n) is 5.29. The van der Waals surface area contributed by atoms with Crippen molar-refractivity contribution in [2.24, 2.45) is 0 Å². The Balaban J connectivity index is 1.92. The molecule has 0 aliphatic carbocycles. The van der Waals surface area contributed by atoms with Gasteiger partial charge in [0, 0.05) is 37.9 Å². The van der Waals surface area contributed by atoms with Crippen LogP contribution in [0.5, 0.6) is 0 Å². The SMILES string of the molecule is Cc1cc2ccccc2n1CCN(C)C(=O)NCCC(=O)O. The highest BCUT2D eigenvalue weighted by Crippen LogP contribution is 2.18. The van der Waals surface area contributed by atoms with E-state index in [1.807, 2.05) is 19.1 Å². The van der Waals surface area contributed by atoms with Crippen LogP contribution in [0.4, 0.5) is 4.79 Å². The molecule has 2 N–H and O–H groups in total. The minimum atomic E-state index is -0.919. The molecule has 6 nitrogen and oxygen atoms in total. The Labute approximate surface area is 129 Å². The van der Waals surface area contributed by atoms with Crippen molar-refractivity contribution in [3.05, 3.63) is 36.0 Å². The molecule has 0 bridgehead atoms. The molecule has 0 fully saturated rings. The van der Waals surface area contributed by atoms with Gasteiger partial charge in [0.2, 0.25) is 0 Å². The van der Waals surface area contributed by atoms with Crippen molar-refractivity contribution in [1.29, 1.82) is 0 Å². The molecule has 2 amide bonds. The van der Waals surface area contributed by atoms with Gasteiger partial charge in [-0.05, 0) is 24.4 Å². The lowest BCUT2D eigenvalue weighted by molar-refractivity contribution is -0.136. The van der Waals surface area contributed by atoms with Gasteiger partial charge in [0.1, 0.15) is 0 Å². The Morgan fingerprint density at radius 2 is 2.05 bits per heavy atom. The summed E-state index contributed by atoms with van der Waals surface area (Å²) in [6.07, 6.45) is -0.0685. The van der Waals surface area contributed by atoms with Gasteiger partial charge in [-0.15, -0.1) is 0 Å². The highest BCUT2D eigenvalue weighted by molar-refractivity contribution is 5.81. The van der Waals surface area contributed by atoms with E-state index < -0.39 is 5.97 Å². The number of fused-ring (bicyclic) bond motifs is 1. The summed E-state index contributed by atoms with van der Waals surface area (Å²) >= 11 is 0. The Bertz CT molecular complexity index is 678. The summed E-state index contributed by atoms with van der Waals surface area (Å²) in [6.45, 7) is 3.44. The number of aliphatic carboxylic acids is 1. The van der Waals surface area contributed by atoms with Crippen LogP contribution in [-0.2, 0) is 11.3 Å². The van der Waals surface area contributed by atoms with E-state index in [1.54, 1.807) is 11.9 Å². The van der Waals surface area contributed by atoms with Crippen molar-refractivity contribution in [2.75, 3.05) is 20.1 Å². The maximum atomic E-state index is 11.8. The zero-order chi connectivity index (χ0) is 16.1. The average molecular weight is 303 g/mol. The molecule has 0 atom stereocenters. The molecule has 0 unspecified atom stereocenters. The molecule has 22 heavy (non-hydrogen) atoms. The van der Waals surface area contributed by atoms with Crippen LogP contribution in [0.25, 0.3) is 10.9 Å². The molecule has 2 rings (SSSR count). The zero-order valence-electron chi connectivity index (χ0n) is 12.9. The molecular formula is C16H21N3O3. The normalized spacial score (nSPS) is 10.6. The lowest BCUT2D eigenvalue weighted by Crippen LogP contribution is -2.39. The Hall–Kier alpha value is -2.50. The van der Waals surface area contributed by atoms with Crippen molar-refractivity contribution in [1.82, 2.24) is 14.8 Å². The maximum Gasteiger partial charge on any atom is 0.317 e. The lowest BCUT2D eigenvalue weighted by Gasteiger charge is -2.19. The average Bonchev–Trinajstić information content (AvgIpc) is 2.79. The molecule has 2 aromatic rings. The van der Waals surface area contributed by atoms with Gasteiger partial charge in [0.25, 0.3) is 0 Å². The summed E-state index contributed by atoms with van der Waals surface area (Å²) in [5.74, 6) is -0.919. The van der Waals surface area contributed by atoms with E-state index in [2.05, 4.69) is 28.1 Å². The second-order valence-corrected chi connectivity index (χ2v) is 5.29. The molecule has 1 aromatic heterocycles. The predicted octanol–water partition coefficient (Wildman–Crippen LogP) is 2.07. The smallest absolute Gasteiger partial charge is 0.317 e. The van der Waals surface area contributed by atoms with Gasteiger partial charge < -0.3 is 19.9 Å². The molecule has 0 saturated carbocycles. The van der Waals surface area contributed by atoms with E-state index in [-0.39, 0.29) is 19.0 Å². The quantitative estimate of drug-likeness (QED) is 0.858. The van der Waals surface area contributed by atoms with E-state index in [9.17, 15) is 9.59 Å². The van der Waals surface area contributed by atoms with Crippen LogP contribution in [0, 0.1) is 6.92 Å². The van der Waals surface area contributed by atoms with E-state index in [0.717, 1.165) is 11.2 Å². The number of nitrogens with zero attached hydrogens (tertiary/aromatic N) is 2.